The number of amides is 2. The lowest BCUT2D eigenvalue weighted by molar-refractivity contribution is -0.122. The van der Waals surface area contributed by atoms with Gasteiger partial charge < -0.3 is 29.3 Å². The average Bonchev–Trinajstić information content (AvgIpc) is 3.59. The molecular weight excluding hydrogens is 502 g/mol. The monoisotopic (exact) mass is 527 g/mol. The molecule has 2 atom stereocenters. The Morgan fingerprint density at radius 2 is 2.05 bits per heavy atom. The fourth-order valence-corrected chi connectivity index (χ4v) is 4.61. The van der Waals surface area contributed by atoms with Crippen LogP contribution in [0.2, 0.25) is 5.15 Å². The first-order valence-corrected chi connectivity index (χ1v) is 12.1. The zero-order valence-corrected chi connectivity index (χ0v) is 21.1. The lowest BCUT2D eigenvalue weighted by atomic mass is 10.1. The Morgan fingerprint density at radius 1 is 1.22 bits per heavy atom. The summed E-state index contributed by atoms with van der Waals surface area (Å²) in [6.45, 7) is 3.20. The molecule has 1 N–H and O–H groups in total. The van der Waals surface area contributed by atoms with Crippen molar-refractivity contribution in [3.8, 4) is 17.4 Å². The van der Waals surface area contributed by atoms with Crippen molar-refractivity contribution >= 4 is 29.4 Å². The second-order valence-corrected chi connectivity index (χ2v) is 9.08. The summed E-state index contributed by atoms with van der Waals surface area (Å²) in [5.74, 6) is 2.06. The van der Waals surface area contributed by atoms with Crippen molar-refractivity contribution in [1.82, 2.24) is 29.7 Å². The number of anilines is 1. The highest BCUT2D eigenvalue weighted by atomic mass is 35.5. The van der Waals surface area contributed by atoms with Crippen LogP contribution in [0.1, 0.15) is 24.9 Å². The smallest absolute Gasteiger partial charge is 0.409 e. The maximum atomic E-state index is 13.2. The number of carbonyl (C=O) groups is 2. The van der Waals surface area contributed by atoms with Crippen LogP contribution >= 0.6 is 11.6 Å². The summed E-state index contributed by atoms with van der Waals surface area (Å²) < 4.78 is 17.4. The Balaban J connectivity index is 1.35. The van der Waals surface area contributed by atoms with E-state index in [2.05, 4.69) is 20.3 Å². The third-order valence-electron chi connectivity index (χ3n) is 6.31. The number of piperazine rings is 1. The van der Waals surface area contributed by atoms with Gasteiger partial charge in [-0.15, -0.1) is 0 Å². The van der Waals surface area contributed by atoms with Crippen LogP contribution in [0.25, 0.3) is 5.95 Å². The highest BCUT2D eigenvalue weighted by molar-refractivity contribution is 6.29. The van der Waals surface area contributed by atoms with Crippen LogP contribution < -0.4 is 19.7 Å². The van der Waals surface area contributed by atoms with Gasteiger partial charge in [-0.3, -0.25) is 9.36 Å². The summed E-state index contributed by atoms with van der Waals surface area (Å²) >= 11 is 6.32. The highest BCUT2D eigenvalue weighted by Gasteiger charge is 2.33. The van der Waals surface area contributed by atoms with Gasteiger partial charge in [-0.1, -0.05) is 17.7 Å². The number of hydrogen-bond acceptors (Lipinski definition) is 9. The second-order valence-electron chi connectivity index (χ2n) is 8.69. The van der Waals surface area contributed by atoms with Gasteiger partial charge in [-0.2, -0.15) is 4.98 Å². The van der Waals surface area contributed by atoms with Gasteiger partial charge in [0.05, 0.1) is 19.2 Å². The van der Waals surface area contributed by atoms with Gasteiger partial charge in [-0.05, 0) is 24.6 Å². The minimum Gasteiger partial charge on any atom is -0.454 e. The first-order chi connectivity index (χ1) is 17.9. The molecule has 0 bridgehead atoms. The van der Waals surface area contributed by atoms with E-state index in [0.717, 1.165) is 5.56 Å². The Morgan fingerprint density at radius 3 is 2.84 bits per heavy atom. The van der Waals surface area contributed by atoms with Crippen molar-refractivity contribution in [3.63, 3.8) is 0 Å². The number of aromatic nitrogens is 4. The van der Waals surface area contributed by atoms with Crippen molar-refractivity contribution in [2.24, 2.45) is 0 Å². The summed E-state index contributed by atoms with van der Waals surface area (Å²) in [4.78, 5) is 42.0. The van der Waals surface area contributed by atoms with E-state index in [1.54, 1.807) is 34.3 Å². The molecule has 2 amide bonds. The van der Waals surface area contributed by atoms with Crippen LogP contribution in [0.4, 0.5) is 10.6 Å². The lowest BCUT2D eigenvalue weighted by Gasteiger charge is -2.41. The van der Waals surface area contributed by atoms with Crippen LogP contribution in [0.5, 0.6) is 11.5 Å². The molecule has 1 aromatic carbocycles. The highest BCUT2D eigenvalue weighted by Crippen LogP contribution is 2.34. The molecule has 3 aromatic rings. The minimum absolute atomic E-state index is 0.115. The van der Waals surface area contributed by atoms with Gasteiger partial charge in [0.2, 0.25) is 18.6 Å². The number of ether oxygens (including phenoxy) is 3. The summed E-state index contributed by atoms with van der Waals surface area (Å²) in [6.07, 6.45) is 4.58. The average molecular weight is 528 g/mol. The largest absolute Gasteiger partial charge is 0.454 e. The molecule has 1 fully saturated rings. The third kappa shape index (κ3) is 5.38. The maximum Gasteiger partial charge on any atom is 0.409 e. The molecular formula is C24H26ClN7O5. The van der Waals surface area contributed by atoms with Crippen LogP contribution in [0.3, 0.4) is 0 Å². The van der Waals surface area contributed by atoms with E-state index in [4.69, 9.17) is 25.8 Å². The molecule has 2 aliphatic rings. The van der Waals surface area contributed by atoms with Crippen molar-refractivity contribution in [1.29, 1.82) is 0 Å². The fraction of sp³-hybridized carbons (Fsp3) is 0.375. The molecule has 37 heavy (non-hydrogen) atoms. The number of carbonyl (C=O) groups excluding carboxylic acids is 2. The SMILES string of the molecule is COC(=O)N1CCN(c2cc(Cl)nc(-n3ccnc3)n2)C(CC(=O)NC(C)c2ccc3c(c2)OCO3)C1. The van der Waals surface area contributed by atoms with E-state index in [0.29, 0.717) is 36.4 Å². The van der Waals surface area contributed by atoms with E-state index < -0.39 is 6.09 Å². The van der Waals surface area contributed by atoms with E-state index in [9.17, 15) is 9.59 Å². The first-order valence-electron chi connectivity index (χ1n) is 11.7. The molecule has 0 saturated carbocycles. The molecule has 0 aliphatic carbocycles. The molecule has 0 spiro atoms. The Hall–Kier alpha value is -4.06. The number of rotatable bonds is 6. The first kappa shape index (κ1) is 24.6. The number of benzene rings is 1. The number of fused-ring (bicyclic) bond motifs is 1. The van der Waals surface area contributed by atoms with Crippen molar-refractivity contribution in [2.45, 2.75) is 25.4 Å². The van der Waals surface area contributed by atoms with Crippen molar-refractivity contribution in [3.05, 3.63) is 53.7 Å². The topological polar surface area (TPSA) is 124 Å². The molecule has 4 heterocycles. The van der Waals surface area contributed by atoms with Crippen molar-refractivity contribution in [2.75, 3.05) is 38.4 Å². The Bertz CT molecular complexity index is 1290. The molecule has 2 unspecified atom stereocenters. The number of nitrogens with zero attached hydrogens (tertiary/aromatic N) is 6. The second kappa shape index (κ2) is 10.5. The van der Waals surface area contributed by atoms with Gasteiger partial charge in [0.1, 0.15) is 17.3 Å². The number of imidazole rings is 1. The molecule has 1 saturated heterocycles. The van der Waals surface area contributed by atoms with Gasteiger partial charge in [0.15, 0.2) is 11.5 Å². The molecule has 2 aromatic heterocycles. The molecule has 2 aliphatic heterocycles. The van der Waals surface area contributed by atoms with Gasteiger partial charge >= 0.3 is 6.09 Å². The minimum atomic E-state index is -0.446. The molecule has 13 heteroatoms. The quantitative estimate of drug-likeness (QED) is 0.481. The molecule has 12 nitrogen and oxygen atoms in total. The Kier molecular flexibility index (Phi) is 6.99. The zero-order valence-electron chi connectivity index (χ0n) is 20.3. The van der Waals surface area contributed by atoms with Crippen molar-refractivity contribution < 1.29 is 23.8 Å². The number of nitrogens with one attached hydrogen (secondary N) is 1. The van der Waals surface area contributed by atoms with Gasteiger partial charge in [-0.25, -0.2) is 14.8 Å². The summed E-state index contributed by atoms with van der Waals surface area (Å²) in [7, 11) is 1.34. The number of halogens is 1. The van der Waals surface area contributed by atoms with E-state index in [-0.39, 0.29) is 42.9 Å². The predicted molar refractivity (Wildman–Crippen MR) is 133 cm³/mol. The van der Waals surface area contributed by atoms with Crippen LogP contribution in [-0.2, 0) is 9.53 Å². The van der Waals surface area contributed by atoms with E-state index in [1.807, 2.05) is 30.0 Å². The number of hydrogen-bond donors (Lipinski definition) is 1. The normalized spacial score (nSPS) is 17.4. The van der Waals surface area contributed by atoms with Crippen LogP contribution in [-0.4, -0.2) is 76.0 Å². The fourth-order valence-electron chi connectivity index (χ4n) is 4.44. The predicted octanol–water partition coefficient (Wildman–Crippen LogP) is 2.57. The molecule has 0 radical (unpaired) electrons. The van der Waals surface area contributed by atoms with Crippen LogP contribution in [0, 0.1) is 0 Å². The Labute approximate surface area is 218 Å². The van der Waals surface area contributed by atoms with Gasteiger partial charge in [0, 0.05) is 44.5 Å². The summed E-state index contributed by atoms with van der Waals surface area (Å²) in [6, 6.07) is 6.59. The third-order valence-corrected chi connectivity index (χ3v) is 6.50. The van der Waals surface area contributed by atoms with E-state index >= 15 is 0 Å². The molecule has 194 valence electrons. The molecule has 5 rings (SSSR count). The zero-order chi connectivity index (χ0) is 25.9. The van der Waals surface area contributed by atoms with Crippen LogP contribution in [0.15, 0.2) is 43.0 Å². The number of methoxy groups -OCH3 is 1. The van der Waals surface area contributed by atoms with Gasteiger partial charge in [0.25, 0.3) is 0 Å². The maximum absolute atomic E-state index is 13.2. The summed E-state index contributed by atoms with van der Waals surface area (Å²) in [5.41, 5.74) is 0.891. The van der Waals surface area contributed by atoms with E-state index in [1.165, 1.54) is 7.11 Å². The lowest BCUT2D eigenvalue weighted by Crippen LogP contribution is -2.56. The standard InChI is InChI=1S/C24H26ClN7O5/c1-15(16-3-4-18-19(9-16)37-14-36-18)27-22(33)10-17-12-30(24(34)35-2)7-8-32(17)21-11-20(25)28-23(29-21)31-6-5-26-13-31/h3-6,9,11,13,15,17H,7-8,10,12,14H2,1-2H3,(H,27,33). The summed E-state index contributed by atoms with van der Waals surface area (Å²) in [5, 5.41) is 3.30.